The summed E-state index contributed by atoms with van der Waals surface area (Å²) >= 11 is 0. The van der Waals surface area contributed by atoms with E-state index in [0.717, 1.165) is 0 Å². The van der Waals surface area contributed by atoms with Crippen molar-refractivity contribution in [1.29, 1.82) is 0 Å². The molecule has 0 unspecified atom stereocenters. The van der Waals surface area contributed by atoms with Gasteiger partial charge < -0.3 is 0 Å². The maximum absolute atomic E-state index is 14.2. The van der Waals surface area contributed by atoms with Crippen LogP contribution in [0.15, 0.2) is 35.6 Å². The van der Waals surface area contributed by atoms with Crippen LogP contribution < -0.4 is 0 Å². The molecule has 3 aliphatic heterocycles. The second-order valence-electron chi connectivity index (χ2n) is 9.22. The second-order valence-corrected chi connectivity index (χ2v) is 14.3. The summed E-state index contributed by atoms with van der Waals surface area (Å²) in [5, 5.41) is -2.68. The summed E-state index contributed by atoms with van der Waals surface area (Å²) in [6, 6.07) is 7.86. The zero-order valence-electron chi connectivity index (χ0n) is 16.7. The molecular weight excluding hydrogens is 417 g/mol. The van der Waals surface area contributed by atoms with Crippen molar-refractivity contribution in [2.45, 2.75) is 62.9 Å². The standard InChI is InChI=1S/C20H23F6O2P/c1-12-16(2,3)29(17(12,4)5)15(14(11-27-29)13-9-7-6-8-10-13)18(28-29,19(21,22)23)20(24,25)26/h6-10,12H,11H2,1-5H3. The summed E-state index contributed by atoms with van der Waals surface area (Å²) < 4.78 is 96.5. The van der Waals surface area contributed by atoms with Gasteiger partial charge in [0.05, 0.1) is 0 Å². The molecule has 3 aliphatic rings. The third kappa shape index (κ3) is 1.77. The molecule has 2 fully saturated rings. The topological polar surface area (TPSA) is 18.5 Å². The van der Waals surface area contributed by atoms with E-state index in [4.69, 9.17) is 9.05 Å². The van der Waals surface area contributed by atoms with Crippen LogP contribution in [0, 0.1) is 5.92 Å². The summed E-state index contributed by atoms with van der Waals surface area (Å²) in [4.78, 5) is 0. The molecule has 0 aromatic heterocycles. The van der Waals surface area contributed by atoms with Crippen molar-refractivity contribution >= 4 is 12.6 Å². The van der Waals surface area contributed by atoms with Crippen LogP contribution in [0.3, 0.4) is 0 Å². The molecule has 3 heterocycles. The Hall–Kier alpha value is -1.11. The Morgan fingerprint density at radius 1 is 0.897 bits per heavy atom. The van der Waals surface area contributed by atoms with Crippen molar-refractivity contribution in [1.82, 2.24) is 0 Å². The molecule has 29 heavy (non-hydrogen) atoms. The number of benzene rings is 1. The predicted molar refractivity (Wildman–Crippen MR) is 99.5 cm³/mol. The molecule has 0 saturated carbocycles. The Labute approximate surface area is 165 Å². The van der Waals surface area contributed by atoms with Crippen molar-refractivity contribution in [2.75, 3.05) is 6.61 Å². The second kappa shape index (κ2) is 5.20. The SMILES string of the molecule is CC1C(C)(C)P23(OCC(c4ccccc4)=C2C(C(F)(F)F)(C(F)(F)F)O3)C1(C)C. The van der Waals surface area contributed by atoms with Crippen LogP contribution >= 0.6 is 7.06 Å². The molecule has 2 saturated heterocycles. The molecular formula is C20H23F6O2P. The van der Waals surface area contributed by atoms with Gasteiger partial charge in [0.1, 0.15) is 0 Å². The Balaban J connectivity index is 2.13. The first kappa shape index (κ1) is 21.1. The van der Waals surface area contributed by atoms with E-state index >= 15 is 0 Å². The van der Waals surface area contributed by atoms with Gasteiger partial charge in [-0.15, -0.1) is 0 Å². The average molecular weight is 440 g/mol. The molecule has 2 nitrogen and oxygen atoms in total. The van der Waals surface area contributed by atoms with E-state index in [1.807, 2.05) is 6.92 Å². The minimum atomic E-state index is -5.66. The number of hydrogen-bond acceptors (Lipinski definition) is 2. The van der Waals surface area contributed by atoms with E-state index in [-0.39, 0.29) is 18.1 Å². The molecule has 1 spiro atoms. The normalized spacial score (nSPS) is 32.0. The van der Waals surface area contributed by atoms with Crippen LogP contribution in [0.1, 0.15) is 40.2 Å². The number of halogens is 6. The molecule has 0 atom stereocenters. The number of rotatable bonds is 1. The van der Waals surface area contributed by atoms with E-state index in [1.54, 1.807) is 45.9 Å². The summed E-state index contributed by atoms with van der Waals surface area (Å²) in [5.74, 6) is -0.197. The van der Waals surface area contributed by atoms with Gasteiger partial charge in [-0.2, -0.15) is 0 Å². The van der Waals surface area contributed by atoms with Crippen molar-refractivity contribution < 1.29 is 35.4 Å². The van der Waals surface area contributed by atoms with E-state index in [2.05, 4.69) is 0 Å². The fourth-order valence-electron chi connectivity index (χ4n) is 6.18. The molecule has 1 aromatic rings. The minimum absolute atomic E-state index is 0.0442. The van der Waals surface area contributed by atoms with Gasteiger partial charge in [-0.3, -0.25) is 0 Å². The van der Waals surface area contributed by atoms with Crippen LogP contribution in [-0.4, -0.2) is 34.9 Å². The van der Waals surface area contributed by atoms with E-state index in [0.29, 0.717) is 5.56 Å². The maximum atomic E-state index is 14.2. The fraction of sp³-hybridized carbons (Fsp3) is 0.600. The first-order valence-corrected chi connectivity index (χ1v) is 11.4. The summed E-state index contributed by atoms with van der Waals surface area (Å²) in [6.45, 7) is 8.19. The van der Waals surface area contributed by atoms with E-state index in [9.17, 15) is 26.3 Å². The number of hydrogen-bond donors (Lipinski definition) is 0. The Morgan fingerprint density at radius 2 is 1.38 bits per heavy atom. The molecule has 0 radical (unpaired) electrons. The third-order valence-electron chi connectivity index (χ3n) is 7.93. The van der Waals surface area contributed by atoms with Crippen molar-refractivity contribution in [2.24, 2.45) is 5.92 Å². The van der Waals surface area contributed by atoms with Crippen molar-refractivity contribution in [3.63, 3.8) is 0 Å². The average Bonchev–Trinajstić information content (AvgIpc) is 2.85. The van der Waals surface area contributed by atoms with Gasteiger partial charge in [0.25, 0.3) is 0 Å². The quantitative estimate of drug-likeness (QED) is 0.349. The van der Waals surface area contributed by atoms with E-state index < -0.39 is 40.6 Å². The Bertz CT molecular complexity index is 883. The predicted octanol–water partition coefficient (Wildman–Crippen LogP) is 6.91. The van der Waals surface area contributed by atoms with Crippen LogP contribution in [0.4, 0.5) is 26.3 Å². The zero-order valence-corrected chi connectivity index (χ0v) is 17.6. The molecule has 0 bridgehead atoms. The first-order valence-electron chi connectivity index (χ1n) is 9.33. The van der Waals surface area contributed by atoms with Gasteiger partial charge in [-0.1, -0.05) is 0 Å². The molecule has 0 aliphatic carbocycles. The van der Waals surface area contributed by atoms with Crippen LogP contribution in [0.2, 0.25) is 0 Å². The van der Waals surface area contributed by atoms with Crippen LogP contribution in [0.5, 0.6) is 0 Å². The van der Waals surface area contributed by atoms with Gasteiger partial charge >= 0.3 is 165 Å². The summed E-state index contributed by atoms with van der Waals surface area (Å²) in [6.07, 6.45) is -11.3. The monoisotopic (exact) mass is 440 g/mol. The van der Waals surface area contributed by atoms with Gasteiger partial charge in [0.2, 0.25) is 0 Å². The van der Waals surface area contributed by atoms with Crippen molar-refractivity contribution in [3.05, 3.63) is 41.2 Å². The van der Waals surface area contributed by atoms with Gasteiger partial charge in [-0.25, -0.2) is 0 Å². The van der Waals surface area contributed by atoms with Crippen LogP contribution in [-0.2, 0) is 9.05 Å². The van der Waals surface area contributed by atoms with E-state index in [1.165, 1.54) is 12.1 Å². The molecule has 0 N–H and O–H groups in total. The fourth-order valence-corrected chi connectivity index (χ4v) is 14.7. The Morgan fingerprint density at radius 3 is 1.83 bits per heavy atom. The summed E-state index contributed by atoms with van der Waals surface area (Å²) in [5.41, 5.74) is -4.08. The zero-order chi connectivity index (χ0) is 21.9. The molecule has 4 rings (SSSR count). The molecule has 9 heteroatoms. The number of alkyl halides is 6. The Kier molecular flexibility index (Phi) is 3.79. The van der Waals surface area contributed by atoms with Gasteiger partial charge in [0, 0.05) is 0 Å². The van der Waals surface area contributed by atoms with Crippen molar-refractivity contribution in [3.8, 4) is 0 Å². The third-order valence-corrected chi connectivity index (χ3v) is 15.5. The van der Waals surface area contributed by atoms with Gasteiger partial charge in [-0.05, 0) is 0 Å². The summed E-state index contributed by atoms with van der Waals surface area (Å²) in [7, 11) is -4.50. The first-order chi connectivity index (χ1) is 13.0. The van der Waals surface area contributed by atoms with Gasteiger partial charge in [0.15, 0.2) is 0 Å². The molecule has 0 amide bonds. The molecule has 162 valence electrons. The molecule has 1 aromatic carbocycles. The van der Waals surface area contributed by atoms with Crippen LogP contribution in [0.25, 0.3) is 5.57 Å².